The molecule has 0 saturated carbocycles. The van der Waals surface area contributed by atoms with Crippen LogP contribution in [0.25, 0.3) is 0 Å². The van der Waals surface area contributed by atoms with Gasteiger partial charge in [0.25, 0.3) is 0 Å². The minimum atomic E-state index is -1.78. The Morgan fingerprint density at radius 2 is 0.915 bits per heavy atom. The minimum absolute atomic E-state index is 0.112. The number of hydrogen-bond donors (Lipinski definition) is 7. The number of ether oxygens (including phenoxy) is 6. The molecule has 0 aromatic rings. The lowest BCUT2D eigenvalue weighted by atomic mass is 9.98. The number of aliphatic hydroxyl groups is 7. The predicted octanol–water partition coefficient (Wildman–Crippen LogP) is 7.76. The van der Waals surface area contributed by atoms with E-state index >= 15 is 0 Å². The molecule has 15 nitrogen and oxygen atoms in total. The Kier molecular flexibility index (Phi) is 37.4. The van der Waals surface area contributed by atoms with E-state index in [0.29, 0.717) is 12.8 Å². The van der Waals surface area contributed by atoms with Crippen molar-refractivity contribution in [3.05, 3.63) is 97.2 Å². The molecule has 5 unspecified atom stereocenters. The van der Waals surface area contributed by atoms with Crippen molar-refractivity contribution >= 4 is 11.9 Å². The van der Waals surface area contributed by atoms with Crippen LogP contribution in [0, 0.1) is 0 Å². The number of carbonyl (C=O) groups excluding carboxylic acids is 2. The Labute approximate surface area is 424 Å². The lowest BCUT2D eigenvalue weighted by Gasteiger charge is -2.42. The molecule has 15 heteroatoms. The summed E-state index contributed by atoms with van der Waals surface area (Å²) in [5.41, 5.74) is 0. The average molecular weight is 1000 g/mol. The Bertz CT molecular complexity index is 1600. The Morgan fingerprint density at radius 1 is 0.465 bits per heavy atom. The highest BCUT2D eigenvalue weighted by atomic mass is 16.7. The van der Waals surface area contributed by atoms with Crippen molar-refractivity contribution in [2.75, 3.05) is 26.4 Å². The zero-order valence-corrected chi connectivity index (χ0v) is 42.7. The second-order valence-corrected chi connectivity index (χ2v) is 18.0. The third-order valence-electron chi connectivity index (χ3n) is 11.9. The Morgan fingerprint density at radius 3 is 1.51 bits per heavy atom. The highest BCUT2D eigenvalue weighted by Crippen LogP contribution is 2.26. The smallest absolute Gasteiger partial charge is 0.306 e. The molecule has 2 heterocycles. The van der Waals surface area contributed by atoms with Gasteiger partial charge in [-0.3, -0.25) is 9.59 Å². The molecule has 0 radical (unpaired) electrons. The summed E-state index contributed by atoms with van der Waals surface area (Å²) in [6, 6.07) is 0. The van der Waals surface area contributed by atoms with Crippen molar-refractivity contribution in [2.45, 2.75) is 216 Å². The predicted molar refractivity (Wildman–Crippen MR) is 275 cm³/mol. The first kappa shape index (κ1) is 63.5. The van der Waals surface area contributed by atoms with E-state index < -0.39 is 99.3 Å². The molecule has 0 amide bonds. The lowest BCUT2D eigenvalue weighted by molar-refractivity contribution is -0.332. The first-order valence-electron chi connectivity index (χ1n) is 26.4. The summed E-state index contributed by atoms with van der Waals surface area (Å²) < 4.78 is 33.5. The molecule has 2 saturated heterocycles. The largest absolute Gasteiger partial charge is 0.462 e. The lowest BCUT2D eigenvalue weighted by Crippen LogP contribution is -2.61. The molecule has 0 bridgehead atoms. The number of carbonyl (C=O) groups is 2. The van der Waals surface area contributed by atoms with Gasteiger partial charge in [-0.1, -0.05) is 162 Å². The van der Waals surface area contributed by atoms with E-state index in [4.69, 9.17) is 28.4 Å². The number of aliphatic hydroxyl groups excluding tert-OH is 7. The van der Waals surface area contributed by atoms with Gasteiger partial charge in [-0.15, -0.1) is 0 Å². The standard InChI is InChI=1S/C56H90O15/c1-3-5-7-9-11-13-15-17-18-19-20-21-22-23-24-25-27-28-30-32-34-36-38-47(58)66-41-44(69-48(59)39-37-35-33-31-29-26-16-14-12-10-8-6-4-2)42-67-55-54(65)52(63)50(61)46(71-55)43-68-56-53(64)51(62)49(60)45(40-57)70-56/h5-8,10-14,16-18,20-21,26,29,44-46,49-57,60-65H,3-4,9,15,19,22-25,27-28,30-43H2,1-2H3/b7-5+,8-6+,12-10+,13-11+,16-14+,18-17+,21-20+,29-26+/t44?,45-,46-,49+,50+,51?,52?,53?,54?,55-,56-/m1/s1. The molecule has 2 aliphatic rings. The minimum Gasteiger partial charge on any atom is -0.462 e. The van der Waals surface area contributed by atoms with Gasteiger partial charge in [0.15, 0.2) is 18.7 Å². The van der Waals surface area contributed by atoms with Gasteiger partial charge in [0.2, 0.25) is 0 Å². The number of esters is 2. The maximum absolute atomic E-state index is 13.0. The summed E-state index contributed by atoms with van der Waals surface area (Å²) in [7, 11) is 0. The Hall–Kier alpha value is -3.58. The number of rotatable bonds is 39. The Balaban J connectivity index is 1.78. The zero-order valence-electron chi connectivity index (χ0n) is 42.7. The van der Waals surface area contributed by atoms with Crippen LogP contribution >= 0.6 is 0 Å². The highest BCUT2D eigenvalue weighted by molar-refractivity contribution is 5.70. The number of allylic oxidation sites excluding steroid dienone is 16. The van der Waals surface area contributed by atoms with Gasteiger partial charge in [0.1, 0.15) is 55.4 Å². The summed E-state index contributed by atoms with van der Waals surface area (Å²) in [6.45, 7) is 2.26. The third kappa shape index (κ3) is 29.6. The van der Waals surface area contributed by atoms with Crippen LogP contribution in [0.4, 0.5) is 0 Å². The van der Waals surface area contributed by atoms with Gasteiger partial charge in [0.05, 0.1) is 19.8 Å². The van der Waals surface area contributed by atoms with Crippen molar-refractivity contribution < 1.29 is 73.8 Å². The topological polar surface area (TPSA) is 231 Å². The fraction of sp³-hybridized carbons (Fsp3) is 0.679. The van der Waals surface area contributed by atoms with E-state index in [2.05, 4.69) is 74.6 Å². The molecular formula is C56H90O15. The van der Waals surface area contributed by atoms with Crippen LogP contribution in [0.5, 0.6) is 0 Å². The fourth-order valence-corrected chi connectivity index (χ4v) is 7.63. The van der Waals surface area contributed by atoms with Gasteiger partial charge in [-0.05, 0) is 70.6 Å². The molecule has 71 heavy (non-hydrogen) atoms. The van der Waals surface area contributed by atoms with Crippen LogP contribution < -0.4 is 0 Å². The second-order valence-electron chi connectivity index (χ2n) is 18.0. The number of hydrogen-bond acceptors (Lipinski definition) is 15. The summed E-state index contributed by atoms with van der Waals surface area (Å²) in [5.74, 6) is -0.987. The quantitative estimate of drug-likeness (QED) is 0.0135. The molecule has 11 atom stereocenters. The molecule has 404 valence electrons. The monoisotopic (exact) mass is 1000 g/mol. The molecule has 0 aromatic heterocycles. The summed E-state index contributed by atoms with van der Waals surface area (Å²) in [5, 5.41) is 72.1. The fourth-order valence-electron chi connectivity index (χ4n) is 7.63. The second kappa shape index (κ2) is 41.8. The van der Waals surface area contributed by atoms with Crippen molar-refractivity contribution in [3.63, 3.8) is 0 Å². The van der Waals surface area contributed by atoms with Crippen LogP contribution in [-0.4, -0.2) is 142 Å². The summed E-state index contributed by atoms with van der Waals surface area (Å²) in [4.78, 5) is 25.8. The van der Waals surface area contributed by atoms with Crippen LogP contribution in [0.15, 0.2) is 97.2 Å². The van der Waals surface area contributed by atoms with Gasteiger partial charge in [0, 0.05) is 12.8 Å². The van der Waals surface area contributed by atoms with E-state index in [1.807, 2.05) is 36.5 Å². The van der Waals surface area contributed by atoms with Gasteiger partial charge >= 0.3 is 11.9 Å². The molecular weight excluding hydrogens is 913 g/mol. The maximum atomic E-state index is 13.0. The van der Waals surface area contributed by atoms with E-state index in [1.54, 1.807) is 0 Å². The van der Waals surface area contributed by atoms with E-state index in [1.165, 1.54) is 25.7 Å². The van der Waals surface area contributed by atoms with Gasteiger partial charge in [-0.2, -0.15) is 0 Å². The SMILES string of the molecule is CC/C=C/C=C/C=C/C=C/CCCCCC(=O)OC(COC(=O)CCCCCCCCCCC/C=C/C/C=C/C/C=C/C/C=C/CC)CO[C@@H]1O[C@H](CO[C@@H]2O[C@H](CO)[C@H](O)C(O)C2O)[C@H](O)C(O)C1O. The summed E-state index contributed by atoms with van der Waals surface area (Å²) >= 11 is 0. The average Bonchev–Trinajstić information content (AvgIpc) is 3.36. The van der Waals surface area contributed by atoms with Gasteiger partial charge in [-0.25, -0.2) is 0 Å². The molecule has 2 rings (SSSR count). The van der Waals surface area contributed by atoms with E-state index in [0.717, 1.165) is 83.5 Å². The molecule has 0 aromatic carbocycles. The van der Waals surface area contributed by atoms with Gasteiger partial charge < -0.3 is 64.2 Å². The number of unbranched alkanes of at least 4 members (excludes halogenated alkanes) is 12. The summed E-state index contributed by atoms with van der Waals surface area (Å²) in [6.07, 6.45) is 35.8. The normalized spacial score (nSPS) is 26.0. The molecule has 0 aliphatic carbocycles. The molecule has 2 aliphatic heterocycles. The van der Waals surface area contributed by atoms with E-state index in [9.17, 15) is 45.3 Å². The third-order valence-corrected chi connectivity index (χ3v) is 11.9. The zero-order chi connectivity index (χ0) is 51.7. The van der Waals surface area contributed by atoms with Crippen LogP contribution in [0.3, 0.4) is 0 Å². The maximum Gasteiger partial charge on any atom is 0.306 e. The highest BCUT2D eigenvalue weighted by Gasteiger charge is 2.47. The first-order valence-corrected chi connectivity index (χ1v) is 26.4. The molecule has 2 fully saturated rings. The van der Waals surface area contributed by atoms with Crippen molar-refractivity contribution in [2.24, 2.45) is 0 Å². The van der Waals surface area contributed by atoms with Crippen LogP contribution in [0.1, 0.15) is 149 Å². The first-order chi connectivity index (χ1) is 34.5. The van der Waals surface area contributed by atoms with Crippen molar-refractivity contribution in [1.29, 1.82) is 0 Å². The van der Waals surface area contributed by atoms with Crippen LogP contribution in [0.2, 0.25) is 0 Å². The molecule has 0 spiro atoms. The van der Waals surface area contributed by atoms with Crippen LogP contribution in [-0.2, 0) is 38.0 Å². The van der Waals surface area contributed by atoms with Crippen molar-refractivity contribution in [3.8, 4) is 0 Å². The molecule has 7 N–H and O–H groups in total. The van der Waals surface area contributed by atoms with Crippen molar-refractivity contribution in [1.82, 2.24) is 0 Å². The van der Waals surface area contributed by atoms with E-state index in [-0.39, 0.29) is 19.4 Å².